The number of aryl methyl sites for hydroxylation is 1. The first-order valence-electron chi connectivity index (χ1n) is 6.09. The van der Waals surface area contributed by atoms with Gasteiger partial charge in [0.05, 0.1) is 0 Å². The summed E-state index contributed by atoms with van der Waals surface area (Å²) in [7, 11) is -1.55. The molecule has 1 fully saturated rings. The van der Waals surface area contributed by atoms with Crippen molar-refractivity contribution in [3.63, 3.8) is 0 Å². The SMILES string of the molecule is CNCc1scc(C)c1S(=O)(=O)NCC1(C)CC1. The fraction of sp³-hybridized carbons (Fsp3) is 0.667. The Morgan fingerprint density at radius 3 is 2.67 bits per heavy atom. The molecule has 1 heterocycles. The molecule has 0 unspecified atom stereocenters. The first-order valence-corrected chi connectivity index (χ1v) is 8.45. The first-order chi connectivity index (χ1) is 8.38. The molecule has 6 heteroatoms. The van der Waals surface area contributed by atoms with Crippen LogP contribution in [0, 0.1) is 12.3 Å². The summed E-state index contributed by atoms with van der Waals surface area (Å²) in [6.07, 6.45) is 2.23. The zero-order chi connectivity index (χ0) is 13.4. The van der Waals surface area contributed by atoms with Crippen molar-refractivity contribution >= 4 is 21.4 Å². The average molecular weight is 288 g/mol. The van der Waals surface area contributed by atoms with Crippen LogP contribution < -0.4 is 10.0 Å². The van der Waals surface area contributed by atoms with E-state index in [-0.39, 0.29) is 5.41 Å². The van der Waals surface area contributed by atoms with Crippen LogP contribution in [0.5, 0.6) is 0 Å². The van der Waals surface area contributed by atoms with Crippen molar-refractivity contribution in [2.24, 2.45) is 5.41 Å². The maximum Gasteiger partial charge on any atom is 0.242 e. The molecule has 2 N–H and O–H groups in total. The molecule has 0 radical (unpaired) electrons. The van der Waals surface area contributed by atoms with E-state index >= 15 is 0 Å². The van der Waals surface area contributed by atoms with E-state index in [2.05, 4.69) is 17.0 Å². The topological polar surface area (TPSA) is 58.2 Å². The van der Waals surface area contributed by atoms with Gasteiger partial charge in [0.15, 0.2) is 0 Å². The van der Waals surface area contributed by atoms with Gasteiger partial charge in [0.2, 0.25) is 10.0 Å². The molecule has 2 rings (SSSR count). The molecule has 0 atom stereocenters. The lowest BCUT2D eigenvalue weighted by molar-refractivity contribution is 0.529. The van der Waals surface area contributed by atoms with E-state index in [1.54, 1.807) is 0 Å². The number of hydrogen-bond donors (Lipinski definition) is 2. The van der Waals surface area contributed by atoms with E-state index in [0.29, 0.717) is 18.0 Å². The number of nitrogens with one attached hydrogen (secondary N) is 2. The minimum atomic E-state index is -3.37. The Hall–Kier alpha value is -0.430. The second-order valence-electron chi connectivity index (χ2n) is 5.34. The van der Waals surface area contributed by atoms with Gasteiger partial charge in [-0.15, -0.1) is 11.3 Å². The molecule has 0 spiro atoms. The summed E-state index contributed by atoms with van der Waals surface area (Å²) < 4.78 is 27.5. The van der Waals surface area contributed by atoms with Crippen LogP contribution in [0.4, 0.5) is 0 Å². The van der Waals surface area contributed by atoms with Gasteiger partial charge in [-0.3, -0.25) is 0 Å². The second kappa shape index (κ2) is 4.92. The highest BCUT2D eigenvalue weighted by Crippen LogP contribution is 2.44. The van der Waals surface area contributed by atoms with Gasteiger partial charge in [0, 0.05) is 18.0 Å². The Kier molecular flexibility index (Phi) is 3.82. The van der Waals surface area contributed by atoms with E-state index < -0.39 is 10.0 Å². The van der Waals surface area contributed by atoms with Crippen molar-refractivity contribution < 1.29 is 8.42 Å². The maximum atomic E-state index is 12.4. The van der Waals surface area contributed by atoms with Gasteiger partial charge in [-0.2, -0.15) is 0 Å². The molecule has 1 aliphatic rings. The van der Waals surface area contributed by atoms with E-state index in [4.69, 9.17) is 0 Å². The van der Waals surface area contributed by atoms with Crippen LogP contribution in [-0.2, 0) is 16.6 Å². The standard InChI is InChI=1S/C12H20N2O2S2/c1-9-7-17-10(6-13-3)11(9)18(15,16)14-8-12(2)4-5-12/h7,13-14H,4-6,8H2,1-3H3. The highest BCUT2D eigenvalue weighted by Gasteiger charge is 2.38. The second-order valence-corrected chi connectivity index (χ2v) is 8.00. The largest absolute Gasteiger partial charge is 0.315 e. The van der Waals surface area contributed by atoms with E-state index in [1.807, 2.05) is 19.4 Å². The lowest BCUT2D eigenvalue weighted by atomic mass is 10.2. The number of hydrogen-bond acceptors (Lipinski definition) is 4. The van der Waals surface area contributed by atoms with E-state index in [9.17, 15) is 8.42 Å². The van der Waals surface area contributed by atoms with E-state index in [1.165, 1.54) is 11.3 Å². The van der Waals surface area contributed by atoms with Crippen LogP contribution >= 0.6 is 11.3 Å². The van der Waals surface area contributed by atoms with Crippen LogP contribution in [-0.4, -0.2) is 22.0 Å². The van der Waals surface area contributed by atoms with Crippen molar-refractivity contribution in [2.75, 3.05) is 13.6 Å². The Morgan fingerprint density at radius 2 is 2.11 bits per heavy atom. The van der Waals surface area contributed by atoms with Gasteiger partial charge in [-0.05, 0) is 43.2 Å². The van der Waals surface area contributed by atoms with Gasteiger partial charge in [0.1, 0.15) is 4.90 Å². The van der Waals surface area contributed by atoms with Crippen LogP contribution in [0.1, 0.15) is 30.2 Å². The summed E-state index contributed by atoms with van der Waals surface area (Å²) in [6.45, 7) is 5.10. The number of thiophene rings is 1. The summed E-state index contributed by atoms with van der Waals surface area (Å²) in [5.41, 5.74) is 1.01. The lowest BCUT2D eigenvalue weighted by Crippen LogP contribution is -2.30. The molecular formula is C12H20N2O2S2. The van der Waals surface area contributed by atoms with Crippen LogP contribution in [0.2, 0.25) is 0 Å². The molecule has 0 aromatic carbocycles. The monoisotopic (exact) mass is 288 g/mol. The summed E-state index contributed by atoms with van der Waals surface area (Å²) in [5, 5.41) is 4.92. The zero-order valence-electron chi connectivity index (χ0n) is 11.0. The number of sulfonamides is 1. The molecule has 0 bridgehead atoms. The van der Waals surface area contributed by atoms with Gasteiger partial charge < -0.3 is 5.32 Å². The fourth-order valence-electron chi connectivity index (χ4n) is 1.86. The molecule has 0 saturated heterocycles. The van der Waals surface area contributed by atoms with Gasteiger partial charge in [-0.25, -0.2) is 13.1 Å². The van der Waals surface area contributed by atoms with Gasteiger partial charge in [-0.1, -0.05) is 6.92 Å². The summed E-state index contributed by atoms with van der Waals surface area (Å²) in [6, 6.07) is 0. The number of rotatable bonds is 6. The Balaban J connectivity index is 2.20. The molecule has 4 nitrogen and oxygen atoms in total. The average Bonchev–Trinajstić information content (AvgIpc) is 2.91. The highest BCUT2D eigenvalue weighted by atomic mass is 32.2. The van der Waals surface area contributed by atoms with Crippen LogP contribution in [0.15, 0.2) is 10.3 Å². The third-order valence-corrected chi connectivity index (χ3v) is 6.25. The molecule has 1 saturated carbocycles. The minimum Gasteiger partial charge on any atom is -0.315 e. The molecule has 1 aliphatic carbocycles. The molecule has 1 aromatic rings. The van der Waals surface area contributed by atoms with Crippen LogP contribution in [0.3, 0.4) is 0 Å². The Labute approximate surface area is 113 Å². The molecule has 18 heavy (non-hydrogen) atoms. The fourth-order valence-corrected chi connectivity index (χ4v) is 4.88. The smallest absolute Gasteiger partial charge is 0.242 e. The zero-order valence-corrected chi connectivity index (χ0v) is 12.7. The molecular weight excluding hydrogens is 268 g/mol. The summed E-state index contributed by atoms with van der Waals surface area (Å²) in [4.78, 5) is 1.34. The van der Waals surface area contributed by atoms with Gasteiger partial charge in [0.25, 0.3) is 0 Å². The quantitative estimate of drug-likeness (QED) is 0.840. The van der Waals surface area contributed by atoms with Crippen molar-refractivity contribution in [1.29, 1.82) is 0 Å². The van der Waals surface area contributed by atoms with Crippen molar-refractivity contribution in [3.8, 4) is 0 Å². The lowest BCUT2D eigenvalue weighted by Gasteiger charge is -2.12. The Bertz CT molecular complexity index is 530. The molecule has 0 amide bonds. The Morgan fingerprint density at radius 1 is 1.44 bits per heavy atom. The van der Waals surface area contributed by atoms with Crippen molar-refractivity contribution in [2.45, 2.75) is 38.1 Å². The highest BCUT2D eigenvalue weighted by molar-refractivity contribution is 7.89. The summed E-state index contributed by atoms with van der Waals surface area (Å²) >= 11 is 1.49. The third-order valence-electron chi connectivity index (χ3n) is 3.39. The first kappa shape index (κ1) is 14.0. The van der Waals surface area contributed by atoms with E-state index in [0.717, 1.165) is 23.3 Å². The molecule has 1 aromatic heterocycles. The minimum absolute atomic E-state index is 0.181. The molecule has 102 valence electrons. The predicted molar refractivity (Wildman–Crippen MR) is 74.3 cm³/mol. The van der Waals surface area contributed by atoms with Crippen molar-refractivity contribution in [1.82, 2.24) is 10.0 Å². The molecule has 0 aliphatic heterocycles. The van der Waals surface area contributed by atoms with Gasteiger partial charge >= 0.3 is 0 Å². The maximum absolute atomic E-state index is 12.4. The predicted octanol–water partition coefficient (Wildman–Crippen LogP) is 1.85. The van der Waals surface area contributed by atoms with Crippen LogP contribution in [0.25, 0.3) is 0 Å². The third kappa shape index (κ3) is 2.93. The normalized spacial score (nSPS) is 17.9. The summed E-state index contributed by atoms with van der Waals surface area (Å²) in [5.74, 6) is 0. The van der Waals surface area contributed by atoms with Crippen molar-refractivity contribution in [3.05, 3.63) is 15.8 Å².